The molecule has 1 aliphatic heterocycles. The molecule has 5 nitrogen and oxygen atoms in total. The van der Waals surface area contributed by atoms with Crippen molar-refractivity contribution in [1.29, 1.82) is 0 Å². The van der Waals surface area contributed by atoms with Gasteiger partial charge in [0.2, 0.25) is 5.91 Å². The Balaban J connectivity index is 2.05. The average Bonchev–Trinajstić information content (AvgIpc) is 2.86. The summed E-state index contributed by atoms with van der Waals surface area (Å²) in [7, 11) is 0. The van der Waals surface area contributed by atoms with Crippen LogP contribution in [-0.2, 0) is 10.2 Å². The van der Waals surface area contributed by atoms with E-state index in [1.165, 1.54) is 0 Å². The van der Waals surface area contributed by atoms with E-state index in [1.807, 2.05) is 20.8 Å². The van der Waals surface area contributed by atoms with Crippen molar-refractivity contribution in [2.24, 2.45) is 0 Å². The highest BCUT2D eigenvalue weighted by molar-refractivity contribution is 7.99. The largest absolute Gasteiger partial charge is 0.356 e. The molecule has 1 aromatic rings. The lowest BCUT2D eigenvalue weighted by Gasteiger charge is -2.19. The lowest BCUT2D eigenvalue weighted by atomic mass is 9.92. The maximum absolute atomic E-state index is 12.4. The highest BCUT2D eigenvalue weighted by Gasteiger charge is 2.29. The van der Waals surface area contributed by atoms with E-state index >= 15 is 0 Å². The van der Waals surface area contributed by atoms with Crippen molar-refractivity contribution in [3.05, 3.63) is 22.1 Å². The molecule has 1 unspecified atom stereocenters. The minimum absolute atomic E-state index is 0.0198. The second kappa shape index (κ2) is 7.51. The first-order chi connectivity index (χ1) is 10.8. The van der Waals surface area contributed by atoms with E-state index in [2.05, 4.69) is 17.2 Å². The van der Waals surface area contributed by atoms with Crippen molar-refractivity contribution in [3.8, 4) is 0 Å². The Labute approximate surface area is 142 Å². The first kappa shape index (κ1) is 18.0. The van der Waals surface area contributed by atoms with E-state index in [4.69, 9.17) is 0 Å². The van der Waals surface area contributed by atoms with Crippen molar-refractivity contribution in [2.45, 2.75) is 70.0 Å². The van der Waals surface area contributed by atoms with E-state index in [0.29, 0.717) is 6.42 Å². The third-order valence-corrected chi connectivity index (χ3v) is 5.08. The minimum Gasteiger partial charge on any atom is -0.356 e. The number of rotatable bonds is 6. The Morgan fingerprint density at radius 1 is 1.43 bits per heavy atom. The summed E-state index contributed by atoms with van der Waals surface area (Å²) in [4.78, 5) is 29.1. The summed E-state index contributed by atoms with van der Waals surface area (Å²) >= 11 is 1.57. The molecule has 1 aliphatic rings. The fourth-order valence-corrected chi connectivity index (χ4v) is 3.73. The first-order valence-electron chi connectivity index (χ1n) is 8.36. The standard InChI is InChI=1S/C17H27N3O2S/c1-5-6-7-8-18-14(21)9-12-11-23-16-19-13(17(2,3)4)10-15(22)20(12)16/h10,12H,5-9,11H2,1-4H3,(H,18,21). The van der Waals surface area contributed by atoms with Crippen LogP contribution in [0.15, 0.2) is 16.0 Å². The quantitative estimate of drug-likeness (QED) is 0.640. The number of hydrogen-bond acceptors (Lipinski definition) is 4. The molecule has 1 aromatic heterocycles. The Kier molecular flexibility index (Phi) is 5.89. The molecule has 0 bridgehead atoms. The lowest BCUT2D eigenvalue weighted by molar-refractivity contribution is -0.121. The number of thioether (sulfide) groups is 1. The van der Waals surface area contributed by atoms with Gasteiger partial charge in [-0.15, -0.1) is 0 Å². The van der Waals surface area contributed by atoms with Gasteiger partial charge in [0.1, 0.15) is 0 Å². The fraction of sp³-hybridized carbons (Fsp3) is 0.706. The molecule has 0 radical (unpaired) electrons. The number of hydrogen-bond donors (Lipinski definition) is 1. The third-order valence-electron chi connectivity index (χ3n) is 3.98. The van der Waals surface area contributed by atoms with Gasteiger partial charge in [0, 0.05) is 30.2 Å². The van der Waals surface area contributed by atoms with Gasteiger partial charge in [0.05, 0.1) is 11.7 Å². The zero-order valence-electron chi connectivity index (χ0n) is 14.5. The van der Waals surface area contributed by atoms with Gasteiger partial charge >= 0.3 is 0 Å². The number of nitrogens with one attached hydrogen (secondary N) is 1. The SMILES string of the molecule is CCCCCNC(=O)CC1CSc2nc(C(C)(C)C)cc(=O)n21. The van der Waals surface area contributed by atoms with Gasteiger partial charge in [0.25, 0.3) is 5.56 Å². The predicted octanol–water partition coefficient (Wildman–Crippen LogP) is 2.88. The Morgan fingerprint density at radius 3 is 2.83 bits per heavy atom. The van der Waals surface area contributed by atoms with Crippen LogP contribution >= 0.6 is 11.8 Å². The van der Waals surface area contributed by atoms with Crippen molar-refractivity contribution in [2.75, 3.05) is 12.3 Å². The maximum atomic E-state index is 12.4. The van der Waals surface area contributed by atoms with Crippen LogP contribution in [0.25, 0.3) is 0 Å². The number of aromatic nitrogens is 2. The molecular weight excluding hydrogens is 310 g/mol. The van der Waals surface area contributed by atoms with Crippen LogP contribution < -0.4 is 10.9 Å². The molecule has 1 N–H and O–H groups in total. The van der Waals surface area contributed by atoms with Gasteiger partial charge in [-0.05, 0) is 6.42 Å². The number of carbonyl (C=O) groups is 1. The lowest BCUT2D eigenvalue weighted by Crippen LogP contribution is -2.32. The smallest absolute Gasteiger partial charge is 0.254 e. The molecule has 2 rings (SSSR count). The average molecular weight is 337 g/mol. The molecule has 0 aromatic carbocycles. The highest BCUT2D eigenvalue weighted by Crippen LogP contribution is 2.33. The summed E-state index contributed by atoms with van der Waals surface area (Å²) < 4.78 is 1.69. The van der Waals surface area contributed by atoms with E-state index in [9.17, 15) is 9.59 Å². The molecule has 0 aliphatic carbocycles. The van der Waals surface area contributed by atoms with Gasteiger partial charge in [0.15, 0.2) is 5.16 Å². The maximum Gasteiger partial charge on any atom is 0.254 e. The van der Waals surface area contributed by atoms with Crippen LogP contribution in [0, 0.1) is 0 Å². The monoisotopic (exact) mass is 337 g/mol. The van der Waals surface area contributed by atoms with Gasteiger partial charge in [-0.3, -0.25) is 14.2 Å². The summed E-state index contributed by atoms with van der Waals surface area (Å²) in [5.41, 5.74) is 0.615. The van der Waals surface area contributed by atoms with Gasteiger partial charge < -0.3 is 5.32 Å². The molecule has 128 valence electrons. The topological polar surface area (TPSA) is 64.0 Å². The Hall–Kier alpha value is -1.30. The van der Waals surface area contributed by atoms with Crippen LogP contribution in [-0.4, -0.2) is 27.8 Å². The van der Waals surface area contributed by atoms with Crippen molar-refractivity contribution >= 4 is 17.7 Å². The molecule has 1 amide bonds. The van der Waals surface area contributed by atoms with Crippen LogP contribution in [0.4, 0.5) is 0 Å². The number of unbranched alkanes of at least 4 members (excludes halogenated alkanes) is 2. The summed E-state index contributed by atoms with van der Waals surface area (Å²) in [6, 6.07) is 1.52. The van der Waals surface area contributed by atoms with Gasteiger partial charge in [-0.1, -0.05) is 52.3 Å². The van der Waals surface area contributed by atoms with E-state index in [-0.39, 0.29) is 22.9 Å². The number of amides is 1. The third kappa shape index (κ3) is 4.59. The zero-order valence-corrected chi connectivity index (χ0v) is 15.3. The number of nitrogens with zero attached hydrogens (tertiary/aromatic N) is 2. The zero-order chi connectivity index (χ0) is 17.0. The summed E-state index contributed by atoms with van der Waals surface area (Å²) in [6.07, 6.45) is 3.62. The van der Waals surface area contributed by atoms with Crippen LogP contribution in [0.3, 0.4) is 0 Å². The minimum atomic E-state index is -0.149. The first-order valence-corrected chi connectivity index (χ1v) is 9.35. The summed E-state index contributed by atoms with van der Waals surface area (Å²) in [5.74, 6) is 0.754. The Morgan fingerprint density at radius 2 is 2.17 bits per heavy atom. The summed E-state index contributed by atoms with van der Waals surface area (Å²) in [6.45, 7) is 9.00. The van der Waals surface area contributed by atoms with Crippen LogP contribution in [0.2, 0.25) is 0 Å². The van der Waals surface area contributed by atoms with Gasteiger partial charge in [-0.2, -0.15) is 0 Å². The predicted molar refractivity (Wildman–Crippen MR) is 94.1 cm³/mol. The molecule has 23 heavy (non-hydrogen) atoms. The van der Waals surface area contributed by atoms with E-state index in [0.717, 1.165) is 42.4 Å². The van der Waals surface area contributed by atoms with Crippen LogP contribution in [0.1, 0.15) is 65.1 Å². The fourth-order valence-electron chi connectivity index (χ4n) is 2.58. The second-order valence-corrected chi connectivity index (χ2v) is 8.10. The number of carbonyl (C=O) groups excluding carboxylic acids is 1. The van der Waals surface area contributed by atoms with Crippen molar-refractivity contribution < 1.29 is 4.79 Å². The van der Waals surface area contributed by atoms with Gasteiger partial charge in [-0.25, -0.2) is 4.98 Å². The molecule has 2 heterocycles. The van der Waals surface area contributed by atoms with Crippen LogP contribution in [0.5, 0.6) is 0 Å². The second-order valence-electron chi connectivity index (χ2n) is 7.11. The van der Waals surface area contributed by atoms with Crippen molar-refractivity contribution in [3.63, 3.8) is 0 Å². The summed E-state index contributed by atoms with van der Waals surface area (Å²) in [5, 5.41) is 3.69. The molecule has 0 spiro atoms. The molecular formula is C17H27N3O2S. The number of fused-ring (bicyclic) bond motifs is 1. The molecule has 6 heteroatoms. The molecule has 0 saturated carbocycles. The van der Waals surface area contributed by atoms with E-state index < -0.39 is 0 Å². The molecule has 0 fully saturated rings. The molecule has 1 atom stereocenters. The normalized spacial score (nSPS) is 17.1. The Bertz CT molecular complexity index is 619. The van der Waals surface area contributed by atoms with E-state index in [1.54, 1.807) is 22.4 Å². The van der Waals surface area contributed by atoms with Crippen molar-refractivity contribution in [1.82, 2.24) is 14.9 Å². The highest BCUT2D eigenvalue weighted by atomic mass is 32.2. The molecule has 0 saturated heterocycles.